The molecule has 1 aromatic carbocycles. The van der Waals surface area contributed by atoms with Gasteiger partial charge in [0.25, 0.3) is 5.91 Å². The van der Waals surface area contributed by atoms with Crippen LogP contribution >= 0.6 is 0 Å². The number of aryl methyl sites for hydroxylation is 2. The first kappa shape index (κ1) is 15.9. The van der Waals surface area contributed by atoms with Crippen LogP contribution in [0.15, 0.2) is 49.1 Å². The molecule has 7 heteroatoms. The van der Waals surface area contributed by atoms with Crippen molar-refractivity contribution in [2.24, 2.45) is 0 Å². The van der Waals surface area contributed by atoms with Gasteiger partial charge < -0.3 is 5.32 Å². The first-order valence-electron chi connectivity index (χ1n) is 7.90. The summed E-state index contributed by atoms with van der Waals surface area (Å²) in [5.41, 5.74) is 2.41. The van der Waals surface area contributed by atoms with Crippen molar-refractivity contribution < 1.29 is 4.79 Å². The lowest BCUT2D eigenvalue weighted by Crippen LogP contribution is -2.33. The van der Waals surface area contributed by atoms with E-state index in [-0.39, 0.29) is 11.9 Å². The molecule has 3 rings (SSSR count). The van der Waals surface area contributed by atoms with Gasteiger partial charge in [0.1, 0.15) is 18.3 Å². The molecular weight excluding hydrogens is 304 g/mol. The predicted molar refractivity (Wildman–Crippen MR) is 89.3 cm³/mol. The van der Waals surface area contributed by atoms with E-state index in [1.54, 1.807) is 21.8 Å². The minimum Gasteiger partial charge on any atom is -0.342 e. The van der Waals surface area contributed by atoms with E-state index in [0.717, 1.165) is 11.3 Å². The Balaban J connectivity index is 1.84. The maximum absolute atomic E-state index is 12.7. The standard InChI is InChI=1S/C17H20N6O/c1-3-23-16(9-13(2)21-23)17(24)20-15(10-22-12-18-11-19-22)14-7-5-4-6-8-14/h4-9,11-12,15H,3,10H2,1-2H3,(H,20,24)/t15-/m1/s1. The minimum absolute atomic E-state index is 0.147. The molecule has 3 aromatic rings. The van der Waals surface area contributed by atoms with Crippen LogP contribution in [0.5, 0.6) is 0 Å². The van der Waals surface area contributed by atoms with Crippen LogP contribution in [0.1, 0.15) is 34.7 Å². The van der Waals surface area contributed by atoms with Gasteiger partial charge in [-0.2, -0.15) is 10.2 Å². The third-order valence-electron chi connectivity index (χ3n) is 3.78. The van der Waals surface area contributed by atoms with E-state index in [0.29, 0.717) is 18.8 Å². The fourth-order valence-corrected chi connectivity index (χ4v) is 2.64. The van der Waals surface area contributed by atoms with Crippen LogP contribution in [0.4, 0.5) is 0 Å². The van der Waals surface area contributed by atoms with Crippen LogP contribution in [0.3, 0.4) is 0 Å². The Morgan fingerprint density at radius 2 is 2.08 bits per heavy atom. The highest BCUT2D eigenvalue weighted by Gasteiger charge is 2.19. The second-order valence-corrected chi connectivity index (χ2v) is 5.54. The van der Waals surface area contributed by atoms with Gasteiger partial charge in [-0.1, -0.05) is 30.3 Å². The monoisotopic (exact) mass is 324 g/mol. The smallest absolute Gasteiger partial charge is 0.270 e. The number of carbonyl (C=O) groups is 1. The lowest BCUT2D eigenvalue weighted by atomic mass is 10.1. The number of benzene rings is 1. The van der Waals surface area contributed by atoms with Gasteiger partial charge >= 0.3 is 0 Å². The van der Waals surface area contributed by atoms with Gasteiger partial charge in [-0.25, -0.2) is 4.98 Å². The summed E-state index contributed by atoms with van der Waals surface area (Å²) in [7, 11) is 0. The normalized spacial score (nSPS) is 12.1. The molecule has 0 aliphatic heterocycles. The maximum atomic E-state index is 12.7. The number of hydrogen-bond donors (Lipinski definition) is 1. The van der Waals surface area contributed by atoms with Crippen molar-refractivity contribution in [1.29, 1.82) is 0 Å². The average Bonchev–Trinajstić information content (AvgIpc) is 3.24. The highest BCUT2D eigenvalue weighted by atomic mass is 16.2. The number of carbonyl (C=O) groups excluding carboxylic acids is 1. The van der Waals surface area contributed by atoms with E-state index in [2.05, 4.69) is 20.5 Å². The zero-order valence-corrected chi connectivity index (χ0v) is 13.8. The summed E-state index contributed by atoms with van der Waals surface area (Å²) in [5, 5.41) is 11.6. The topological polar surface area (TPSA) is 77.6 Å². The molecule has 2 aromatic heterocycles. The van der Waals surface area contributed by atoms with Gasteiger partial charge in [0.15, 0.2) is 0 Å². The maximum Gasteiger partial charge on any atom is 0.270 e. The molecule has 0 spiro atoms. The van der Waals surface area contributed by atoms with E-state index < -0.39 is 0 Å². The van der Waals surface area contributed by atoms with Crippen LogP contribution in [-0.4, -0.2) is 30.5 Å². The van der Waals surface area contributed by atoms with E-state index in [9.17, 15) is 4.79 Å². The molecule has 0 fully saturated rings. The van der Waals surface area contributed by atoms with Crippen molar-refractivity contribution in [2.45, 2.75) is 33.0 Å². The SMILES string of the molecule is CCn1nc(C)cc1C(=O)N[C@H](Cn1cncn1)c1ccccc1. The molecule has 0 bridgehead atoms. The highest BCUT2D eigenvalue weighted by Crippen LogP contribution is 2.16. The highest BCUT2D eigenvalue weighted by molar-refractivity contribution is 5.93. The summed E-state index contributed by atoms with van der Waals surface area (Å²) in [4.78, 5) is 16.7. The summed E-state index contributed by atoms with van der Waals surface area (Å²) in [6.45, 7) is 5.00. The Morgan fingerprint density at radius 3 is 2.75 bits per heavy atom. The van der Waals surface area contributed by atoms with Gasteiger partial charge in [0.05, 0.1) is 18.3 Å². The van der Waals surface area contributed by atoms with Crippen LogP contribution in [0.25, 0.3) is 0 Å². The Hall–Kier alpha value is -2.96. The van der Waals surface area contributed by atoms with Crippen molar-refractivity contribution in [2.75, 3.05) is 0 Å². The van der Waals surface area contributed by atoms with Gasteiger partial charge in [0, 0.05) is 6.54 Å². The second kappa shape index (κ2) is 7.08. The molecule has 0 aliphatic carbocycles. The zero-order valence-electron chi connectivity index (χ0n) is 13.8. The van der Waals surface area contributed by atoms with Crippen LogP contribution in [-0.2, 0) is 13.1 Å². The zero-order chi connectivity index (χ0) is 16.9. The minimum atomic E-state index is -0.207. The van der Waals surface area contributed by atoms with E-state index >= 15 is 0 Å². The quantitative estimate of drug-likeness (QED) is 0.752. The molecule has 2 heterocycles. The molecule has 7 nitrogen and oxygen atoms in total. The number of amides is 1. The number of hydrogen-bond acceptors (Lipinski definition) is 4. The van der Waals surface area contributed by atoms with Gasteiger partial charge in [-0.3, -0.25) is 14.2 Å². The number of rotatable bonds is 6. The third-order valence-corrected chi connectivity index (χ3v) is 3.78. The Bertz CT molecular complexity index is 794. The molecule has 124 valence electrons. The Morgan fingerprint density at radius 1 is 1.29 bits per heavy atom. The van der Waals surface area contributed by atoms with Crippen LogP contribution < -0.4 is 5.32 Å². The van der Waals surface area contributed by atoms with Gasteiger partial charge in [-0.05, 0) is 25.5 Å². The van der Waals surface area contributed by atoms with E-state index in [1.807, 2.05) is 44.2 Å². The van der Waals surface area contributed by atoms with Crippen molar-refractivity contribution in [3.8, 4) is 0 Å². The number of nitrogens with one attached hydrogen (secondary N) is 1. The second-order valence-electron chi connectivity index (χ2n) is 5.54. The van der Waals surface area contributed by atoms with Crippen LogP contribution in [0, 0.1) is 6.92 Å². The van der Waals surface area contributed by atoms with Crippen molar-refractivity contribution in [3.63, 3.8) is 0 Å². The number of aromatic nitrogens is 5. The van der Waals surface area contributed by atoms with E-state index in [1.165, 1.54) is 6.33 Å². The lowest BCUT2D eigenvalue weighted by molar-refractivity contribution is 0.0921. The first-order valence-corrected chi connectivity index (χ1v) is 7.90. The Labute approximate surface area is 140 Å². The Kier molecular flexibility index (Phi) is 4.69. The molecule has 0 unspecified atom stereocenters. The molecule has 1 amide bonds. The summed E-state index contributed by atoms with van der Waals surface area (Å²) in [5.74, 6) is -0.147. The molecule has 0 aliphatic rings. The average molecular weight is 324 g/mol. The molecule has 1 N–H and O–H groups in total. The third kappa shape index (κ3) is 3.51. The molecule has 0 saturated carbocycles. The molecule has 1 atom stereocenters. The fourth-order valence-electron chi connectivity index (χ4n) is 2.64. The fraction of sp³-hybridized carbons (Fsp3) is 0.294. The number of nitrogens with zero attached hydrogens (tertiary/aromatic N) is 5. The molecule has 0 saturated heterocycles. The summed E-state index contributed by atoms with van der Waals surface area (Å²) < 4.78 is 3.42. The first-order chi connectivity index (χ1) is 11.7. The summed E-state index contributed by atoms with van der Waals surface area (Å²) >= 11 is 0. The summed E-state index contributed by atoms with van der Waals surface area (Å²) in [6.07, 6.45) is 3.13. The van der Waals surface area contributed by atoms with Gasteiger partial charge in [-0.15, -0.1) is 0 Å². The van der Waals surface area contributed by atoms with E-state index in [4.69, 9.17) is 0 Å². The van der Waals surface area contributed by atoms with Crippen molar-refractivity contribution >= 4 is 5.91 Å². The largest absolute Gasteiger partial charge is 0.342 e. The molecule has 24 heavy (non-hydrogen) atoms. The van der Waals surface area contributed by atoms with Crippen molar-refractivity contribution in [1.82, 2.24) is 29.9 Å². The summed E-state index contributed by atoms with van der Waals surface area (Å²) in [6, 6.07) is 11.4. The molecular formula is C17H20N6O. The molecule has 0 radical (unpaired) electrons. The van der Waals surface area contributed by atoms with Gasteiger partial charge in [0.2, 0.25) is 0 Å². The van der Waals surface area contributed by atoms with Crippen molar-refractivity contribution in [3.05, 3.63) is 66.0 Å². The lowest BCUT2D eigenvalue weighted by Gasteiger charge is -2.19. The van der Waals surface area contributed by atoms with Crippen LogP contribution in [0.2, 0.25) is 0 Å². The predicted octanol–water partition coefficient (Wildman–Crippen LogP) is 1.97.